The highest BCUT2D eigenvalue weighted by molar-refractivity contribution is 6.16. The molecule has 0 unspecified atom stereocenters. The molecule has 2 aromatic rings. The van der Waals surface area contributed by atoms with Crippen LogP contribution in [0, 0.1) is 19.8 Å². The average Bonchev–Trinajstić information content (AvgIpc) is 3.29. The lowest BCUT2D eigenvalue weighted by Crippen LogP contribution is -2.52. The van der Waals surface area contributed by atoms with E-state index >= 15 is 0 Å². The third-order valence-electron chi connectivity index (χ3n) is 7.39. The first kappa shape index (κ1) is 22.4. The van der Waals surface area contributed by atoms with Crippen LogP contribution < -0.4 is 14.5 Å². The molecular weight excluding hydrogens is 428 g/mol. The molecule has 0 N–H and O–H groups in total. The number of ether oxygens (including phenoxy) is 1. The van der Waals surface area contributed by atoms with Gasteiger partial charge in [-0.15, -0.1) is 0 Å². The van der Waals surface area contributed by atoms with Gasteiger partial charge in [0, 0.05) is 31.9 Å². The Morgan fingerprint density at radius 3 is 2.56 bits per heavy atom. The maximum absolute atomic E-state index is 13.6. The number of aliphatic imine (C=N–C) groups is 1. The number of carbonyl (C=O) groups is 2. The minimum absolute atomic E-state index is 0.0132. The van der Waals surface area contributed by atoms with Crippen LogP contribution in [0.2, 0.25) is 0 Å². The molecule has 0 aromatic heterocycles. The van der Waals surface area contributed by atoms with E-state index in [0.29, 0.717) is 13.1 Å². The second kappa shape index (κ2) is 9.12. The van der Waals surface area contributed by atoms with Crippen LogP contribution >= 0.6 is 0 Å². The molecule has 2 aromatic carbocycles. The first-order chi connectivity index (χ1) is 16.5. The number of benzene rings is 2. The molecule has 5 rings (SSSR count). The minimum Gasteiger partial charge on any atom is -0.495 e. The van der Waals surface area contributed by atoms with Gasteiger partial charge >= 0.3 is 0 Å². The zero-order valence-corrected chi connectivity index (χ0v) is 20.2. The van der Waals surface area contributed by atoms with Gasteiger partial charge in [0.2, 0.25) is 11.8 Å². The monoisotopic (exact) mass is 460 g/mol. The molecule has 34 heavy (non-hydrogen) atoms. The number of rotatable bonds is 4. The van der Waals surface area contributed by atoms with Crippen LogP contribution in [0.25, 0.3) is 0 Å². The molecule has 1 saturated heterocycles. The van der Waals surface area contributed by atoms with E-state index in [1.165, 1.54) is 0 Å². The lowest BCUT2D eigenvalue weighted by Gasteiger charge is -2.37. The van der Waals surface area contributed by atoms with Gasteiger partial charge in [-0.2, -0.15) is 0 Å². The largest absolute Gasteiger partial charge is 0.495 e. The highest BCUT2D eigenvalue weighted by Gasteiger charge is 2.38. The fraction of sp³-hybridized carbons (Fsp3) is 0.444. The summed E-state index contributed by atoms with van der Waals surface area (Å²) in [4.78, 5) is 37.7. The lowest BCUT2D eigenvalue weighted by molar-refractivity contribution is -0.132. The highest BCUT2D eigenvalue weighted by atomic mass is 16.5. The average molecular weight is 461 g/mol. The number of aryl methyl sites for hydroxylation is 2. The molecule has 1 aliphatic carbocycles. The number of anilines is 2. The second-order valence-corrected chi connectivity index (χ2v) is 9.44. The Labute approximate surface area is 201 Å². The van der Waals surface area contributed by atoms with E-state index in [2.05, 4.69) is 17.9 Å². The van der Waals surface area contributed by atoms with E-state index in [1.54, 1.807) is 12.0 Å². The molecule has 2 aliphatic heterocycles. The SMILES string of the molecule is COc1ccccc1N1CCN(C(=O)CN2C(=O)[C@@H]3CCCC3=Nc3cc(C)c(C)cc32)CC1. The van der Waals surface area contributed by atoms with Gasteiger partial charge in [0.05, 0.1) is 30.1 Å². The Kier molecular flexibility index (Phi) is 6.02. The van der Waals surface area contributed by atoms with Crippen molar-refractivity contribution in [3.63, 3.8) is 0 Å². The summed E-state index contributed by atoms with van der Waals surface area (Å²) in [5.74, 6) is 0.633. The van der Waals surface area contributed by atoms with Crippen molar-refractivity contribution in [2.75, 3.05) is 49.6 Å². The van der Waals surface area contributed by atoms with Crippen molar-refractivity contribution < 1.29 is 14.3 Å². The molecular formula is C27H32N4O3. The maximum Gasteiger partial charge on any atom is 0.242 e. The molecule has 1 atom stereocenters. The summed E-state index contributed by atoms with van der Waals surface area (Å²) >= 11 is 0. The predicted octanol–water partition coefficient (Wildman–Crippen LogP) is 3.88. The zero-order chi connectivity index (χ0) is 23.8. The number of para-hydroxylation sites is 2. The zero-order valence-electron chi connectivity index (χ0n) is 20.2. The third-order valence-corrected chi connectivity index (χ3v) is 7.39. The molecule has 0 spiro atoms. The lowest BCUT2D eigenvalue weighted by atomic mass is 10.0. The van der Waals surface area contributed by atoms with Crippen molar-refractivity contribution in [2.24, 2.45) is 10.9 Å². The standard InChI is InChI=1S/C27H32N4O3/c1-18-15-22-24(16-19(18)2)31(27(33)20-7-6-8-21(20)28-22)17-26(32)30-13-11-29(12-14-30)23-9-4-5-10-25(23)34-3/h4-5,9-10,15-16,20H,6-8,11-14,17H2,1-3H3/t20-/m1/s1. The summed E-state index contributed by atoms with van der Waals surface area (Å²) < 4.78 is 5.51. The van der Waals surface area contributed by atoms with E-state index in [1.807, 2.05) is 42.2 Å². The van der Waals surface area contributed by atoms with Gasteiger partial charge in [0.15, 0.2) is 0 Å². The van der Waals surface area contributed by atoms with Crippen LogP contribution in [-0.4, -0.2) is 62.3 Å². The summed E-state index contributed by atoms with van der Waals surface area (Å²) in [7, 11) is 1.68. The van der Waals surface area contributed by atoms with Crippen molar-refractivity contribution >= 4 is 34.6 Å². The van der Waals surface area contributed by atoms with Crippen molar-refractivity contribution in [1.82, 2.24) is 4.90 Å². The first-order valence-electron chi connectivity index (χ1n) is 12.1. The molecule has 2 heterocycles. The molecule has 3 aliphatic rings. The number of piperazine rings is 1. The fourth-order valence-corrected chi connectivity index (χ4v) is 5.27. The van der Waals surface area contributed by atoms with Gasteiger partial charge in [-0.25, -0.2) is 0 Å². The van der Waals surface area contributed by atoms with Crippen molar-refractivity contribution in [3.05, 3.63) is 47.5 Å². The Hall–Kier alpha value is -3.35. The smallest absolute Gasteiger partial charge is 0.242 e. The predicted molar refractivity (Wildman–Crippen MR) is 134 cm³/mol. The molecule has 2 amide bonds. The maximum atomic E-state index is 13.6. The molecule has 7 heteroatoms. The van der Waals surface area contributed by atoms with Crippen LogP contribution in [-0.2, 0) is 9.59 Å². The highest BCUT2D eigenvalue weighted by Crippen LogP contribution is 2.39. The van der Waals surface area contributed by atoms with Crippen molar-refractivity contribution in [3.8, 4) is 5.75 Å². The van der Waals surface area contributed by atoms with Gasteiger partial charge in [-0.3, -0.25) is 14.6 Å². The number of methoxy groups -OCH3 is 1. The third kappa shape index (κ3) is 4.04. The fourth-order valence-electron chi connectivity index (χ4n) is 5.27. The Morgan fingerprint density at radius 1 is 1.06 bits per heavy atom. The quantitative estimate of drug-likeness (QED) is 0.695. The van der Waals surface area contributed by atoms with Crippen molar-refractivity contribution in [1.29, 1.82) is 0 Å². The molecule has 1 saturated carbocycles. The Balaban J connectivity index is 1.34. The van der Waals surface area contributed by atoms with Gasteiger partial charge in [-0.05, 0) is 68.5 Å². The van der Waals surface area contributed by atoms with E-state index in [4.69, 9.17) is 9.73 Å². The minimum atomic E-state index is -0.205. The second-order valence-electron chi connectivity index (χ2n) is 9.44. The van der Waals surface area contributed by atoms with Crippen LogP contribution in [0.1, 0.15) is 30.4 Å². The van der Waals surface area contributed by atoms with Gasteiger partial charge in [0.1, 0.15) is 12.3 Å². The topological polar surface area (TPSA) is 65.5 Å². The van der Waals surface area contributed by atoms with Crippen LogP contribution in [0.15, 0.2) is 41.4 Å². The summed E-state index contributed by atoms with van der Waals surface area (Å²) in [6, 6.07) is 12.0. The summed E-state index contributed by atoms with van der Waals surface area (Å²) in [5.41, 5.74) is 5.83. The van der Waals surface area contributed by atoms with Crippen LogP contribution in [0.5, 0.6) is 5.75 Å². The summed E-state index contributed by atoms with van der Waals surface area (Å²) in [5, 5.41) is 0. The van der Waals surface area contributed by atoms with Crippen molar-refractivity contribution in [2.45, 2.75) is 33.1 Å². The molecule has 7 nitrogen and oxygen atoms in total. The summed E-state index contributed by atoms with van der Waals surface area (Å²) in [6.45, 7) is 6.84. The number of carbonyl (C=O) groups excluding carboxylic acids is 2. The van der Waals surface area contributed by atoms with E-state index < -0.39 is 0 Å². The van der Waals surface area contributed by atoms with Gasteiger partial charge in [-0.1, -0.05) is 12.1 Å². The van der Waals surface area contributed by atoms with Gasteiger partial charge < -0.3 is 19.4 Å². The number of hydrogen-bond donors (Lipinski definition) is 0. The number of fused-ring (bicyclic) bond motifs is 2. The number of nitrogens with zero attached hydrogens (tertiary/aromatic N) is 4. The van der Waals surface area contributed by atoms with E-state index in [0.717, 1.165) is 72.0 Å². The molecule has 0 bridgehead atoms. The molecule has 0 radical (unpaired) electrons. The van der Waals surface area contributed by atoms with E-state index in [-0.39, 0.29) is 24.3 Å². The van der Waals surface area contributed by atoms with Crippen LogP contribution in [0.4, 0.5) is 17.1 Å². The molecule has 178 valence electrons. The first-order valence-corrected chi connectivity index (χ1v) is 12.1. The Bertz CT molecular complexity index is 1150. The van der Waals surface area contributed by atoms with E-state index in [9.17, 15) is 9.59 Å². The molecule has 2 fully saturated rings. The number of hydrogen-bond acceptors (Lipinski definition) is 5. The van der Waals surface area contributed by atoms with Crippen LogP contribution in [0.3, 0.4) is 0 Å². The summed E-state index contributed by atoms with van der Waals surface area (Å²) in [6.07, 6.45) is 2.64. The van der Waals surface area contributed by atoms with Gasteiger partial charge in [0.25, 0.3) is 0 Å². The Morgan fingerprint density at radius 2 is 1.79 bits per heavy atom. The number of amides is 2. The normalized spacial score (nSPS) is 20.0.